The summed E-state index contributed by atoms with van der Waals surface area (Å²) in [4.78, 5) is 23.9. The second-order valence-electron chi connectivity index (χ2n) is 8.93. The van der Waals surface area contributed by atoms with E-state index in [1.807, 2.05) is 6.92 Å². The van der Waals surface area contributed by atoms with Crippen LogP contribution < -0.4 is 5.32 Å². The number of fused-ring (bicyclic) bond motifs is 1. The second-order valence-corrected chi connectivity index (χ2v) is 9.79. The van der Waals surface area contributed by atoms with Crippen molar-refractivity contribution >= 4 is 33.5 Å². The molecule has 3 rings (SSSR count). The smallest absolute Gasteiger partial charge is 0.336 e. The third-order valence-electron chi connectivity index (χ3n) is 5.91. The van der Waals surface area contributed by atoms with E-state index >= 15 is 0 Å². The van der Waals surface area contributed by atoms with Gasteiger partial charge in [0.15, 0.2) is 0 Å². The van der Waals surface area contributed by atoms with Crippen LogP contribution in [-0.2, 0) is 10.8 Å². The number of nitrogens with one attached hydrogen (secondary N) is 1. The Bertz CT molecular complexity index is 976. The first-order valence-electron chi connectivity index (χ1n) is 9.42. The number of carboxylic acids is 1. The molecule has 0 saturated carbocycles. The summed E-state index contributed by atoms with van der Waals surface area (Å²) in [6.07, 6.45) is 2.25. The van der Waals surface area contributed by atoms with Crippen molar-refractivity contribution in [2.45, 2.75) is 58.3 Å². The van der Waals surface area contributed by atoms with Gasteiger partial charge in [-0.3, -0.25) is 4.79 Å². The predicted molar refractivity (Wildman–Crippen MR) is 116 cm³/mol. The Morgan fingerprint density at radius 3 is 2.11 bits per heavy atom. The van der Waals surface area contributed by atoms with Crippen LogP contribution in [0.1, 0.15) is 77.9 Å². The molecule has 0 atom stereocenters. The molecule has 0 saturated heterocycles. The largest absolute Gasteiger partial charge is 0.478 e. The molecule has 2 N–H and O–H groups in total. The Labute approximate surface area is 174 Å². The lowest BCUT2D eigenvalue weighted by atomic mass is 9.63. The van der Waals surface area contributed by atoms with Crippen molar-refractivity contribution in [3.63, 3.8) is 0 Å². The Kier molecular flexibility index (Phi) is 5.17. The number of anilines is 1. The van der Waals surface area contributed by atoms with Gasteiger partial charge < -0.3 is 10.4 Å². The summed E-state index contributed by atoms with van der Waals surface area (Å²) >= 11 is 3.23. The monoisotopic (exact) mass is 443 g/mol. The lowest BCUT2D eigenvalue weighted by Gasteiger charge is -2.42. The van der Waals surface area contributed by atoms with E-state index in [1.54, 1.807) is 6.07 Å². The van der Waals surface area contributed by atoms with Crippen LogP contribution in [0.3, 0.4) is 0 Å². The minimum Gasteiger partial charge on any atom is -0.478 e. The average molecular weight is 444 g/mol. The first-order chi connectivity index (χ1) is 12.9. The molecule has 2 aromatic rings. The molecule has 0 aromatic heterocycles. The zero-order valence-corrected chi connectivity index (χ0v) is 18.5. The normalized spacial score (nSPS) is 16.9. The third-order valence-corrected chi connectivity index (χ3v) is 6.56. The van der Waals surface area contributed by atoms with Crippen LogP contribution in [0.2, 0.25) is 0 Å². The van der Waals surface area contributed by atoms with Crippen LogP contribution in [-0.4, -0.2) is 17.0 Å². The lowest BCUT2D eigenvalue weighted by Crippen LogP contribution is -2.34. The SMILES string of the molecule is Cc1cc2c(cc1NC(=O)c1ccc(C(=O)O)c(Br)c1)C(C)(C)CCC2(C)C. The van der Waals surface area contributed by atoms with Gasteiger partial charge in [0.2, 0.25) is 0 Å². The standard InChI is InChI=1S/C23H26BrNO3/c1-13-10-16-17(23(4,5)9-8-22(16,2)3)12-19(13)25-20(26)14-6-7-15(21(27)28)18(24)11-14/h6-7,10-12H,8-9H2,1-5H3,(H,25,26)(H,27,28). The van der Waals surface area contributed by atoms with E-state index < -0.39 is 5.97 Å². The van der Waals surface area contributed by atoms with Gasteiger partial charge in [-0.2, -0.15) is 0 Å². The molecule has 28 heavy (non-hydrogen) atoms. The molecule has 0 heterocycles. The van der Waals surface area contributed by atoms with E-state index in [-0.39, 0.29) is 22.3 Å². The molecule has 0 bridgehead atoms. The molecular weight excluding hydrogens is 418 g/mol. The van der Waals surface area contributed by atoms with Crippen LogP contribution >= 0.6 is 15.9 Å². The number of rotatable bonds is 3. The van der Waals surface area contributed by atoms with Gasteiger partial charge in [-0.25, -0.2) is 4.79 Å². The first kappa shape index (κ1) is 20.6. The van der Waals surface area contributed by atoms with E-state index in [9.17, 15) is 9.59 Å². The molecule has 1 amide bonds. The van der Waals surface area contributed by atoms with Crippen LogP contribution in [0.5, 0.6) is 0 Å². The Hall–Kier alpha value is -2.14. The Morgan fingerprint density at radius 2 is 1.57 bits per heavy atom. The van der Waals surface area contributed by atoms with Gasteiger partial charge in [-0.15, -0.1) is 0 Å². The number of carboxylic acid groups (broad SMARTS) is 1. The highest BCUT2D eigenvalue weighted by Crippen LogP contribution is 2.47. The fourth-order valence-corrected chi connectivity index (χ4v) is 4.43. The Balaban J connectivity index is 1.96. The number of hydrogen-bond acceptors (Lipinski definition) is 2. The van der Waals surface area contributed by atoms with Crippen molar-refractivity contribution in [2.24, 2.45) is 0 Å². The van der Waals surface area contributed by atoms with Gasteiger partial charge in [0.05, 0.1) is 5.56 Å². The van der Waals surface area contributed by atoms with Crippen molar-refractivity contribution in [2.75, 3.05) is 5.32 Å². The summed E-state index contributed by atoms with van der Waals surface area (Å²) in [5.41, 5.74) is 5.19. The summed E-state index contributed by atoms with van der Waals surface area (Å²) in [6, 6.07) is 8.83. The van der Waals surface area contributed by atoms with Crippen molar-refractivity contribution in [3.05, 3.63) is 62.6 Å². The fourth-order valence-electron chi connectivity index (χ4n) is 3.88. The summed E-state index contributed by atoms with van der Waals surface area (Å²) in [5.74, 6) is -1.29. The van der Waals surface area contributed by atoms with Gasteiger partial charge in [-0.1, -0.05) is 33.8 Å². The maximum absolute atomic E-state index is 12.8. The summed E-state index contributed by atoms with van der Waals surface area (Å²) in [7, 11) is 0. The predicted octanol–water partition coefficient (Wildman–Crippen LogP) is 6.06. The molecule has 148 valence electrons. The van der Waals surface area contributed by atoms with E-state index in [1.165, 1.54) is 23.3 Å². The molecule has 5 heteroatoms. The number of amides is 1. The summed E-state index contributed by atoms with van der Waals surface area (Å²) < 4.78 is 0.387. The average Bonchev–Trinajstić information content (AvgIpc) is 2.60. The topological polar surface area (TPSA) is 66.4 Å². The molecule has 0 fully saturated rings. The number of carbonyl (C=O) groups excluding carboxylic acids is 1. The highest BCUT2D eigenvalue weighted by molar-refractivity contribution is 9.10. The number of hydrogen-bond donors (Lipinski definition) is 2. The number of carbonyl (C=O) groups is 2. The highest BCUT2D eigenvalue weighted by atomic mass is 79.9. The minimum absolute atomic E-state index is 0.0597. The van der Waals surface area contributed by atoms with Crippen LogP contribution in [0, 0.1) is 6.92 Å². The van der Waals surface area contributed by atoms with Crippen LogP contribution in [0.4, 0.5) is 5.69 Å². The van der Waals surface area contributed by atoms with E-state index in [0.29, 0.717) is 10.0 Å². The number of aromatic carboxylic acids is 1. The molecule has 2 aromatic carbocycles. The van der Waals surface area contributed by atoms with Crippen LogP contribution in [0.15, 0.2) is 34.8 Å². The minimum atomic E-state index is -1.03. The molecule has 0 aliphatic heterocycles. The van der Waals surface area contributed by atoms with Gasteiger partial charge in [-0.05, 0) is 87.5 Å². The van der Waals surface area contributed by atoms with Crippen molar-refractivity contribution in [1.82, 2.24) is 0 Å². The van der Waals surface area contributed by atoms with Crippen molar-refractivity contribution in [3.8, 4) is 0 Å². The number of benzene rings is 2. The van der Waals surface area contributed by atoms with Gasteiger partial charge in [0.25, 0.3) is 5.91 Å². The maximum atomic E-state index is 12.8. The molecule has 1 aliphatic carbocycles. The third kappa shape index (κ3) is 3.72. The van der Waals surface area contributed by atoms with E-state index in [2.05, 4.69) is 61.1 Å². The van der Waals surface area contributed by atoms with Crippen LogP contribution in [0.25, 0.3) is 0 Å². The zero-order chi connectivity index (χ0) is 20.9. The first-order valence-corrected chi connectivity index (χ1v) is 10.2. The quantitative estimate of drug-likeness (QED) is 0.605. The van der Waals surface area contributed by atoms with Gasteiger partial charge >= 0.3 is 5.97 Å². The number of aryl methyl sites for hydroxylation is 1. The van der Waals surface area contributed by atoms with E-state index in [4.69, 9.17) is 5.11 Å². The molecule has 1 aliphatic rings. The second kappa shape index (κ2) is 7.03. The Morgan fingerprint density at radius 1 is 1.00 bits per heavy atom. The lowest BCUT2D eigenvalue weighted by molar-refractivity contribution is 0.0695. The molecule has 0 unspecified atom stereocenters. The zero-order valence-electron chi connectivity index (χ0n) is 16.9. The van der Waals surface area contributed by atoms with Crippen molar-refractivity contribution < 1.29 is 14.7 Å². The summed E-state index contributed by atoms with van der Waals surface area (Å²) in [6.45, 7) is 11.1. The molecular formula is C23H26BrNO3. The van der Waals surface area contributed by atoms with E-state index in [0.717, 1.165) is 24.1 Å². The maximum Gasteiger partial charge on any atom is 0.336 e. The van der Waals surface area contributed by atoms with Gasteiger partial charge in [0, 0.05) is 15.7 Å². The van der Waals surface area contributed by atoms with Crippen molar-refractivity contribution in [1.29, 1.82) is 0 Å². The summed E-state index contributed by atoms with van der Waals surface area (Å²) in [5, 5.41) is 12.2. The molecule has 4 nitrogen and oxygen atoms in total. The molecule has 0 spiro atoms. The molecule has 0 radical (unpaired) electrons. The highest BCUT2D eigenvalue weighted by Gasteiger charge is 2.37. The fraction of sp³-hybridized carbons (Fsp3) is 0.391. The van der Waals surface area contributed by atoms with Gasteiger partial charge in [0.1, 0.15) is 0 Å². The number of halogens is 1.